The summed E-state index contributed by atoms with van der Waals surface area (Å²) in [6.07, 6.45) is 10.0. The van der Waals surface area contributed by atoms with E-state index in [2.05, 4.69) is 20.0 Å². The first-order valence-corrected chi connectivity index (χ1v) is 12.4. The van der Waals surface area contributed by atoms with Crippen LogP contribution in [0.1, 0.15) is 19.4 Å². The minimum Gasteiger partial charge on any atom is -0.408 e. The Morgan fingerprint density at radius 3 is 1.94 bits per heavy atom. The minimum absolute atomic E-state index is 0.0152. The number of rotatable bonds is 11. The van der Waals surface area contributed by atoms with Crippen molar-refractivity contribution in [3.63, 3.8) is 0 Å². The van der Waals surface area contributed by atoms with Crippen LogP contribution in [-0.2, 0) is 10.1 Å². The van der Waals surface area contributed by atoms with Crippen LogP contribution in [0, 0.1) is 0 Å². The molecule has 34 heavy (non-hydrogen) atoms. The smallest absolute Gasteiger partial charge is 0.408 e. The molecule has 4 rings (SSSR count). The molecule has 0 saturated carbocycles. The van der Waals surface area contributed by atoms with Gasteiger partial charge in [-0.05, 0) is 56.3 Å². The number of nitrogens with one attached hydrogen (secondary N) is 1. The fraction of sp³-hybridized carbons (Fsp3) is 0.125. The van der Waals surface area contributed by atoms with Gasteiger partial charge in [0, 0.05) is 24.2 Å². The van der Waals surface area contributed by atoms with Gasteiger partial charge in [-0.3, -0.25) is 15.0 Å². The maximum Gasteiger partial charge on any atom is 0.530 e. The SMILES string of the molecule is CC(C)(OPNc1cccnc1)c1ccccc1OP(Oc1cccnc1)Oc1cccnc1. The van der Waals surface area contributed by atoms with Crippen LogP contribution in [0.4, 0.5) is 5.69 Å². The first-order valence-electron chi connectivity index (χ1n) is 10.4. The van der Waals surface area contributed by atoms with Crippen LogP contribution in [-0.4, -0.2) is 15.0 Å². The van der Waals surface area contributed by atoms with E-state index in [0.29, 0.717) is 17.2 Å². The van der Waals surface area contributed by atoms with Gasteiger partial charge in [0.2, 0.25) is 0 Å². The number of anilines is 1. The molecule has 0 bridgehead atoms. The summed E-state index contributed by atoms with van der Waals surface area (Å²) in [7, 11) is -1.84. The average Bonchev–Trinajstić information content (AvgIpc) is 2.86. The van der Waals surface area contributed by atoms with E-state index in [9.17, 15) is 0 Å². The van der Waals surface area contributed by atoms with Crippen molar-refractivity contribution >= 4 is 23.2 Å². The summed E-state index contributed by atoms with van der Waals surface area (Å²) in [4.78, 5) is 12.3. The Bertz CT molecular complexity index is 1110. The molecule has 1 unspecified atom stereocenters. The fourth-order valence-electron chi connectivity index (χ4n) is 2.86. The molecule has 0 fully saturated rings. The summed E-state index contributed by atoms with van der Waals surface area (Å²) in [6.45, 7) is 3.97. The van der Waals surface area contributed by atoms with Crippen molar-refractivity contribution in [2.24, 2.45) is 0 Å². The van der Waals surface area contributed by atoms with Crippen LogP contribution in [0.25, 0.3) is 0 Å². The van der Waals surface area contributed by atoms with Crippen molar-refractivity contribution < 1.29 is 18.1 Å². The summed E-state index contributed by atoms with van der Waals surface area (Å²) >= 11 is 0. The molecule has 0 aliphatic heterocycles. The Hall–Kier alpha value is -3.31. The Morgan fingerprint density at radius 2 is 1.35 bits per heavy atom. The maximum absolute atomic E-state index is 6.26. The molecule has 0 amide bonds. The minimum atomic E-state index is -1.86. The monoisotopic (exact) mass is 494 g/mol. The highest BCUT2D eigenvalue weighted by molar-refractivity contribution is 7.43. The molecule has 0 radical (unpaired) electrons. The molecule has 0 aliphatic carbocycles. The lowest BCUT2D eigenvalue weighted by molar-refractivity contribution is 0.132. The molecule has 0 spiro atoms. The quantitative estimate of drug-likeness (QED) is 0.236. The molecule has 10 heteroatoms. The number of nitrogens with zero attached hydrogens (tertiary/aromatic N) is 3. The number of benzene rings is 1. The first-order chi connectivity index (χ1) is 16.6. The van der Waals surface area contributed by atoms with Gasteiger partial charge in [-0.1, -0.05) is 18.2 Å². The zero-order valence-electron chi connectivity index (χ0n) is 18.7. The molecule has 0 aliphatic rings. The predicted octanol–water partition coefficient (Wildman–Crippen LogP) is 6.51. The zero-order valence-corrected chi connectivity index (χ0v) is 20.6. The number of para-hydroxylation sites is 1. The van der Waals surface area contributed by atoms with Crippen molar-refractivity contribution in [3.05, 3.63) is 103 Å². The standard InChI is InChI=1S/C24H24N4O4P2/c1-24(2,32-33-28-19-8-5-13-25-16-19)22-11-3-4-12-23(22)31-34(29-20-9-6-14-26-17-20)30-21-10-7-15-27-18-21/h3-18,28,33H,1-2H3. The third-order valence-electron chi connectivity index (χ3n) is 4.50. The van der Waals surface area contributed by atoms with Gasteiger partial charge >= 0.3 is 8.60 Å². The van der Waals surface area contributed by atoms with Gasteiger partial charge in [0.05, 0.1) is 29.9 Å². The molecule has 4 aromatic rings. The first kappa shape index (κ1) is 23.8. The Balaban J connectivity index is 1.51. The van der Waals surface area contributed by atoms with Gasteiger partial charge in [-0.2, -0.15) is 0 Å². The largest absolute Gasteiger partial charge is 0.530 e. The zero-order chi connectivity index (χ0) is 23.6. The maximum atomic E-state index is 6.26. The van der Waals surface area contributed by atoms with E-state index >= 15 is 0 Å². The van der Waals surface area contributed by atoms with Gasteiger partial charge < -0.3 is 23.2 Å². The highest BCUT2D eigenvalue weighted by Gasteiger charge is 2.29. The summed E-state index contributed by atoms with van der Waals surface area (Å²) < 4.78 is 24.5. The highest BCUT2D eigenvalue weighted by Crippen LogP contribution is 2.46. The lowest BCUT2D eigenvalue weighted by Crippen LogP contribution is -2.19. The van der Waals surface area contributed by atoms with Crippen LogP contribution >= 0.6 is 17.6 Å². The van der Waals surface area contributed by atoms with Crippen LogP contribution in [0.15, 0.2) is 97.8 Å². The van der Waals surface area contributed by atoms with E-state index in [0.717, 1.165) is 11.3 Å². The van der Waals surface area contributed by atoms with E-state index in [-0.39, 0.29) is 8.96 Å². The second-order valence-corrected chi connectivity index (χ2v) is 9.11. The van der Waals surface area contributed by atoms with E-state index < -0.39 is 14.2 Å². The molecular formula is C24H24N4O4P2. The van der Waals surface area contributed by atoms with Crippen molar-refractivity contribution in [2.45, 2.75) is 19.4 Å². The topological polar surface area (TPSA) is 87.6 Å². The summed E-state index contributed by atoms with van der Waals surface area (Å²) in [6, 6.07) is 18.6. The van der Waals surface area contributed by atoms with Gasteiger partial charge in [-0.25, -0.2) is 0 Å². The van der Waals surface area contributed by atoms with E-state index in [1.165, 1.54) is 0 Å². The molecule has 1 atom stereocenters. The average molecular weight is 494 g/mol. The second-order valence-electron chi connectivity index (χ2n) is 7.45. The summed E-state index contributed by atoms with van der Waals surface area (Å²) in [5, 5.41) is 3.24. The molecule has 0 saturated heterocycles. The molecule has 3 aromatic heterocycles. The molecule has 1 aromatic carbocycles. The third kappa shape index (κ3) is 6.84. The van der Waals surface area contributed by atoms with Gasteiger partial charge in [0.1, 0.15) is 26.2 Å². The van der Waals surface area contributed by atoms with Gasteiger partial charge in [-0.15, -0.1) is 0 Å². The van der Waals surface area contributed by atoms with Crippen molar-refractivity contribution in [1.82, 2.24) is 15.0 Å². The highest BCUT2D eigenvalue weighted by atomic mass is 31.2. The number of hydrogen-bond acceptors (Lipinski definition) is 8. The lowest BCUT2D eigenvalue weighted by atomic mass is 9.98. The second kappa shape index (κ2) is 11.7. The summed E-state index contributed by atoms with van der Waals surface area (Å²) in [5.74, 6) is 1.66. The van der Waals surface area contributed by atoms with E-state index in [1.807, 2.05) is 50.2 Å². The van der Waals surface area contributed by atoms with Crippen molar-refractivity contribution in [2.75, 3.05) is 5.09 Å². The molecule has 1 N–H and O–H groups in total. The molecule has 3 heterocycles. The van der Waals surface area contributed by atoms with Crippen LogP contribution in [0.3, 0.4) is 0 Å². The van der Waals surface area contributed by atoms with E-state index in [4.69, 9.17) is 18.1 Å². The normalized spacial score (nSPS) is 11.5. The predicted molar refractivity (Wildman–Crippen MR) is 134 cm³/mol. The summed E-state index contributed by atoms with van der Waals surface area (Å²) in [5.41, 5.74) is 1.08. The third-order valence-corrected chi connectivity index (χ3v) is 6.57. The number of hydrogen-bond donors (Lipinski definition) is 1. The number of pyridine rings is 3. The molecule has 8 nitrogen and oxygen atoms in total. The fourth-order valence-corrected chi connectivity index (χ4v) is 4.53. The molecular weight excluding hydrogens is 470 g/mol. The lowest BCUT2D eigenvalue weighted by Gasteiger charge is -2.28. The Kier molecular flexibility index (Phi) is 8.21. The Labute approximate surface area is 201 Å². The Morgan fingerprint density at radius 1 is 0.735 bits per heavy atom. The van der Waals surface area contributed by atoms with E-state index in [1.54, 1.807) is 61.4 Å². The van der Waals surface area contributed by atoms with Crippen molar-refractivity contribution in [3.8, 4) is 17.2 Å². The van der Waals surface area contributed by atoms with Crippen LogP contribution in [0.2, 0.25) is 0 Å². The van der Waals surface area contributed by atoms with Crippen LogP contribution in [0.5, 0.6) is 17.2 Å². The van der Waals surface area contributed by atoms with Gasteiger partial charge in [0.25, 0.3) is 0 Å². The van der Waals surface area contributed by atoms with Crippen LogP contribution < -0.4 is 18.7 Å². The number of aromatic nitrogens is 3. The van der Waals surface area contributed by atoms with Crippen molar-refractivity contribution in [1.29, 1.82) is 0 Å². The molecule has 174 valence electrons. The van der Waals surface area contributed by atoms with Gasteiger partial charge in [0.15, 0.2) is 0 Å².